The van der Waals surface area contributed by atoms with E-state index in [2.05, 4.69) is 15.3 Å². The Morgan fingerprint density at radius 1 is 1.10 bits per heavy atom. The van der Waals surface area contributed by atoms with Gasteiger partial charge in [-0.25, -0.2) is 0 Å². The summed E-state index contributed by atoms with van der Waals surface area (Å²) in [5, 5.41) is 12.3. The van der Waals surface area contributed by atoms with Crippen molar-refractivity contribution in [1.29, 1.82) is 0 Å². The van der Waals surface area contributed by atoms with Gasteiger partial charge in [0.25, 0.3) is 0 Å². The molecule has 0 radical (unpaired) electrons. The minimum absolute atomic E-state index is 0.475. The standard InChI is InChI=1S/C15H14N4O/c1-11-10-13(19(2)18-11)8-9-14-16-17-15(20-14)12-6-4-3-5-7-12/h3-10H,1-2H3/b9-8+. The molecule has 2 heterocycles. The van der Waals surface area contributed by atoms with Crippen molar-refractivity contribution < 1.29 is 4.42 Å². The molecule has 0 aliphatic carbocycles. The summed E-state index contributed by atoms with van der Waals surface area (Å²) in [5.41, 5.74) is 2.88. The number of hydrogen-bond donors (Lipinski definition) is 0. The van der Waals surface area contributed by atoms with E-state index >= 15 is 0 Å². The SMILES string of the molecule is Cc1cc(/C=C/c2nnc(-c3ccccc3)o2)n(C)n1. The maximum Gasteiger partial charge on any atom is 0.248 e. The van der Waals surface area contributed by atoms with Crippen molar-refractivity contribution in [2.45, 2.75) is 6.92 Å². The summed E-state index contributed by atoms with van der Waals surface area (Å²) < 4.78 is 7.41. The number of aromatic nitrogens is 4. The van der Waals surface area contributed by atoms with Crippen LogP contribution in [0.2, 0.25) is 0 Å². The number of aryl methyl sites for hydroxylation is 2. The molecular formula is C15H14N4O. The van der Waals surface area contributed by atoms with Gasteiger partial charge in [-0.05, 0) is 31.2 Å². The molecule has 0 amide bonds. The van der Waals surface area contributed by atoms with Crippen LogP contribution in [0.5, 0.6) is 0 Å². The van der Waals surface area contributed by atoms with Crippen LogP contribution in [0, 0.1) is 6.92 Å². The second-order valence-corrected chi connectivity index (χ2v) is 4.48. The molecule has 0 fully saturated rings. The minimum atomic E-state index is 0.475. The first-order valence-corrected chi connectivity index (χ1v) is 6.30. The molecule has 0 N–H and O–H groups in total. The van der Waals surface area contributed by atoms with Crippen LogP contribution in [0.1, 0.15) is 17.3 Å². The number of rotatable bonds is 3. The zero-order valence-corrected chi connectivity index (χ0v) is 11.3. The topological polar surface area (TPSA) is 56.7 Å². The van der Waals surface area contributed by atoms with Gasteiger partial charge in [-0.2, -0.15) is 5.10 Å². The third kappa shape index (κ3) is 2.51. The molecule has 0 aliphatic heterocycles. The Kier molecular flexibility index (Phi) is 3.16. The van der Waals surface area contributed by atoms with E-state index in [9.17, 15) is 0 Å². The first-order valence-electron chi connectivity index (χ1n) is 6.30. The van der Waals surface area contributed by atoms with Gasteiger partial charge in [0.1, 0.15) is 0 Å². The Morgan fingerprint density at radius 2 is 1.90 bits per heavy atom. The zero-order valence-electron chi connectivity index (χ0n) is 11.3. The molecule has 20 heavy (non-hydrogen) atoms. The maximum atomic E-state index is 5.60. The third-order valence-corrected chi connectivity index (χ3v) is 2.90. The van der Waals surface area contributed by atoms with Gasteiger partial charge < -0.3 is 4.42 Å². The molecule has 100 valence electrons. The van der Waals surface area contributed by atoms with Crippen LogP contribution >= 0.6 is 0 Å². The van der Waals surface area contributed by atoms with E-state index in [0.717, 1.165) is 17.0 Å². The van der Waals surface area contributed by atoms with Crippen molar-refractivity contribution in [3.8, 4) is 11.5 Å². The average Bonchev–Trinajstić information content (AvgIpc) is 3.04. The highest BCUT2D eigenvalue weighted by atomic mass is 16.4. The summed E-state index contributed by atoms with van der Waals surface area (Å²) >= 11 is 0. The van der Waals surface area contributed by atoms with E-state index in [1.54, 1.807) is 10.8 Å². The Balaban J connectivity index is 1.83. The number of nitrogens with zero attached hydrogens (tertiary/aromatic N) is 4. The van der Waals surface area contributed by atoms with E-state index in [-0.39, 0.29) is 0 Å². The van der Waals surface area contributed by atoms with Crippen molar-refractivity contribution >= 4 is 12.2 Å². The molecule has 3 aromatic rings. The van der Waals surface area contributed by atoms with Crippen molar-refractivity contribution in [3.63, 3.8) is 0 Å². The summed E-state index contributed by atoms with van der Waals surface area (Å²) in [4.78, 5) is 0. The molecule has 0 atom stereocenters. The molecule has 0 unspecified atom stereocenters. The first-order chi connectivity index (χ1) is 9.72. The van der Waals surface area contributed by atoms with Crippen LogP contribution in [0.4, 0.5) is 0 Å². The van der Waals surface area contributed by atoms with E-state index in [4.69, 9.17) is 4.42 Å². The summed E-state index contributed by atoms with van der Waals surface area (Å²) in [6, 6.07) is 11.7. The molecule has 2 aromatic heterocycles. The summed E-state index contributed by atoms with van der Waals surface area (Å²) in [5.74, 6) is 0.995. The van der Waals surface area contributed by atoms with Crippen LogP contribution < -0.4 is 0 Å². The van der Waals surface area contributed by atoms with Gasteiger partial charge in [-0.1, -0.05) is 18.2 Å². The fourth-order valence-corrected chi connectivity index (χ4v) is 1.94. The molecule has 0 bridgehead atoms. The maximum absolute atomic E-state index is 5.60. The summed E-state index contributed by atoms with van der Waals surface area (Å²) in [6.07, 6.45) is 3.69. The lowest BCUT2D eigenvalue weighted by Crippen LogP contribution is -1.92. The second-order valence-electron chi connectivity index (χ2n) is 4.48. The van der Waals surface area contributed by atoms with Crippen molar-refractivity contribution in [3.05, 3.63) is 53.7 Å². The van der Waals surface area contributed by atoms with Crippen molar-refractivity contribution in [1.82, 2.24) is 20.0 Å². The van der Waals surface area contributed by atoms with Gasteiger partial charge in [0, 0.05) is 18.7 Å². The Morgan fingerprint density at radius 3 is 2.60 bits per heavy atom. The summed E-state index contributed by atoms with van der Waals surface area (Å²) in [7, 11) is 1.90. The third-order valence-electron chi connectivity index (χ3n) is 2.90. The minimum Gasteiger partial charge on any atom is -0.417 e. The molecule has 0 spiro atoms. The Labute approximate surface area is 116 Å². The molecule has 5 heteroatoms. The van der Waals surface area contributed by atoms with E-state index in [0.29, 0.717) is 11.8 Å². The molecule has 0 saturated carbocycles. The Bertz CT molecular complexity index is 740. The van der Waals surface area contributed by atoms with Gasteiger partial charge >= 0.3 is 0 Å². The zero-order chi connectivity index (χ0) is 13.9. The molecule has 3 rings (SSSR count). The predicted octanol–water partition coefficient (Wildman–Crippen LogP) is 2.95. The van der Waals surface area contributed by atoms with Gasteiger partial charge in [-0.15, -0.1) is 10.2 Å². The molecule has 0 saturated heterocycles. The van der Waals surface area contributed by atoms with Crippen molar-refractivity contribution in [2.75, 3.05) is 0 Å². The second kappa shape index (κ2) is 5.13. The first kappa shape index (κ1) is 12.3. The largest absolute Gasteiger partial charge is 0.417 e. The molecule has 0 aliphatic rings. The molecule has 1 aromatic carbocycles. The van der Waals surface area contributed by atoms with Crippen LogP contribution in [0.3, 0.4) is 0 Å². The van der Waals surface area contributed by atoms with Gasteiger partial charge in [0.2, 0.25) is 11.8 Å². The lowest BCUT2D eigenvalue weighted by Gasteiger charge is -1.92. The van der Waals surface area contributed by atoms with E-state index in [1.165, 1.54) is 0 Å². The lowest BCUT2D eigenvalue weighted by molar-refractivity contribution is 0.558. The smallest absolute Gasteiger partial charge is 0.248 e. The highest BCUT2D eigenvalue weighted by molar-refractivity contribution is 5.65. The van der Waals surface area contributed by atoms with Crippen LogP contribution in [0.25, 0.3) is 23.6 Å². The fraction of sp³-hybridized carbons (Fsp3) is 0.133. The fourth-order valence-electron chi connectivity index (χ4n) is 1.94. The van der Waals surface area contributed by atoms with Crippen LogP contribution in [-0.4, -0.2) is 20.0 Å². The molecule has 5 nitrogen and oxygen atoms in total. The quantitative estimate of drug-likeness (QED) is 0.731. The highest BCUT2D eigenvalue weighted by Crippen LogP contribution is 2.18. The van der Waals surface area contributed by atoms with Gasteiger partial charge in [0.05, 0.1) is 11.4 Å². The van der Waals surface area contributed by atoms with Gasteiger partial charge in [0.15, 0.2) is 0 Å². The van der Waals surface area contributed by atoms with Gasteiger partial charge in [-0.3, -0.25) is 4.68 Å². The average molecular weight is 266 g/mol. The number of hydrogen-bond acceptors (Lipinski definition) is 4. The van der Waals surface area contributed by atoms with Crippen LogP contribution in [0.15, 0.2) is 40.8 Å². The van der Waals surface area contributed by atoms with Crippen LogP contribution in [-0.2, 0) is 7.05 Å². The highest BCUT2D eigenvalue weighted by Gasteiger charge is 2.05. The molecular weight excluding hydrogens is 252 g/mol. The lowest BCUT2D eigenvalue weighted by atomic mass is 10.2. The predicted molar refractivity (Wildman–Crippen MR) is 76.6 cm³/mol. The van der Waals surface area contributed by atoms with Crippen molar-refractivity contribution in [2.24, 2.45) is 7.05 Å². The summed E-state index contributed by atoms with van der Waals surface area (Å²) in [6.45, 7) is 1.96. The monoisotopic (exact) mass is 266 g/mol. The normalized spacial score (nSPS) is 11.3. The van der Waals surface area contributed by atoms with E-state index in [1.807, 2.05) is 56.4 Å². The Hall–Kier alpha value is -2.69. The number of benzene rings is 1. The van der Waals surface area contributed by atoms with E-state index < -0.39 is 0 Å².